The van der Waals surface area contributed by atoms with Gasteiger partial charge in [-0.05, 0) is 29.8 Å². The third kappa shape index (κ3) is 2.94. The van der Waals surface area contributed by atoms with E-state index in [9.17, 15) is 0 Å². The first-order valence-electron chi connectivity index (χ1n) is 6.82. The van der Waals surface area contributed by atoms with Crippen LogP contribution in [0.1, 0.15) is 5.56 Å². The molecule has 106 valence electrons. The van der Waals surface area contributed by atoms with Crippen LogP contribution in [0, 0.1) is 0 Å². The van der Waals surface area contributed by atoms with E-state index in [0.29, 0.717) is 0 Å². The van der Waals surface area contributed by atoms with Crippen molar-refractivity contribution in [1.82, 2.24) is 9.97 Å². The van der Waals surface area contributed by atoms with E-state index in [2.05, 4.69) is 20.9 Å². The molecule has 0 aliphatic rings. The molecule has 1 aromatic heterocycles. The summed E-state index contributed by atoms with van der Waals surface area (Å²) in [6.07, 6.45) is 1.81. The normalized spacial score (nSPS) is 10.6. The van der Waals surface area contributed by atoms with Gasteiger partial charge in [-0.2, -0.15) is 0 Å². The number of fused-ring (bicyclic) bond motifs is 1. The summed E-state index contributed by atoms with van der Waals surface area (Å²) in [5.41, 5.74) is 3.00. The Balaban J connectivity index is 1.84. The summed E-state index contributed by atoms with van der Waals surface area (Å²) in [5, 5.41) is 0. The Kier molecular flexibility index (Phi) is 3.69. The molecule has 0 aliphatic heterocycles. The van der Waals surface area contributed by atoms with E-state index in [1.165, 1.54) is 5.56 Å². The van der Waals surface area contributed by atoms with E-state index in [1.54, 1.807) is 7.11 Å². The van der Waals surface area contributed by atoms with Crippen molar-refractivity contribution in [1.29, 1.82) is 0 Å². The van der Waals surface area contributed by atoms with Crippen molar-refractivity contribution >= 4 is 16.9 Å². The summed E-state index contributed by atoms with van der Waals surface area (Å²) in [4.78, 5) is 11.2. The lowest BCUT2D eigenvalue weighted by atomic mass is 10.2. The quantitative estimate of drug-likeness (QED) is 0.734. The van der Waals surface area contributed by atoms with E-state index in [1.807, 2.05) is 55.7 Å². The molecular weight excluding hydrogens is 262 g/mol. The minimum atomic E-state index is 0.754. The SMILES string of the molecule is COc1cccc(CN(C)c2cnc3ccccc3n2)c1. The highest BCUT2D eigenvalue weighted by Gasteiger charge is 2.06. The van der Waals surface area contributed by atoms with Crippen LogP contribution in [0.25, 0.3) is 11.0 Å². The van der Waals surface area contributed by atoms with Crippen molar-refractivity contribution < 1.29 is 4.74 Å². The second kappa shape index (κ2) is 5.79. The number of nitrogens with zero attached hydrogens (tertiary/aromatic N) is 3. The standard InChI is InChI=1S/C17H17N3O/c1-20(12-13-6-5-7-14(10-13)21-2)17-11-18-15-8-3-4-9-16(15)19-17/h3-11H,12H2,1-2H3. The van der Waals surface area contributed by atoms with Crippen LogP contribution in [0.5, 0.6) is 5.75 Å². The fraction of sp³-hybridized carbons (Fsp3) is 0.176. The minimum absolute atomic E-state index is 0.754. The van der Waals surface area contributed by atoms with Crippen molar-refractivity contribution in [3.63, 3.8) is 0 Å². The molecule has 0 aliphatic carbocycles. The summed E-state index contributed by atoms with van der Waals surface area (Å²) in [6, 6.07) is 15.9. The van der Waals surface area contributed by atoms with Gasteiger partial charge >= 0.3 is 0 Å². The Labute approximate surface area is 124 Å². The molecule has 3 aromatic rings. The Morgan fingerprint density at radius 3 is 2.67 bits per heavy atom. The molecule has 0 spiro atoms. The lowest BCUT2D eigenvalue weighted by Gasteiger charge is -2.18. The first kappa shape index (κ1) is 13.4. The lowest BCUT2D eigenvalue weighted by Crippen LogP contribution is -2.18. The van der Waals surface area contributed by atoms with Crippen molar-refractivity contribution in [2.75, 3.05) is 19.1 Å². The number of aromatic nitrogens is 2. The van der Waals surface area contributed by atoms with Crippen molar-refractivity contribution in [3.8, 4) is 5.75 Å². The molecule has 0 unspecified atom stereocenters. The number of hydrogen-bond donors (Lipinski definition) is 0. The number of ether oxygens (including phenoxy) is 1. The Morgan fingerprint density at radius 2 is 1.86 bits per heavy atom. The van der Waals surface area contributed by atoms with Gasteiger partial charge in [0.05, 0.1) is 24.3 Å². The summed E-state index contributed by atoms with van der Waals surface area (Å²) >= 11 is 0. The molecule has 0 saturated heterocycles. The smallest absolute Gasteiger partial charge is 0.147 e. The van der Waals surface area contributed by atoms with E-state index in [4.69, 9.17) is 4.74 Å². The predicted octanol–water partition coefficient (Wildman–Crippen LogP) is 3.27. The molecule has 0 fully saturated rings. The van der Waals surface area contributed by atoms with Gasteiger partial charge in [0.25, 0.3) is 0 Å². The highest BCUT2D eigenvalue weighted by Crippen LogP contribution is 2.18. The van der Waals surface area contributed by atoms with Crippen LogP contribution in [0.2, 0.25) is 0 Å². The van der Waals surface area contributed by atoms with Crippen LogP contribution in [0.3, 0.4) is 0 Å². The summed E-state index contributed by atoms with van der Waals surface area (Å²) in [7, 11) is 3.69. The molecule has 0 atom stereocenters. The van der Waals surface area contributed by atoms with Gasteiger partial charge in [-0.15, -0.1) is 0 Å². The predicted molar refractivity (Wildman–Crippen MR) is 84.6 cm³/mol. The highest BCUT2D eigenvalue weighted by atomic mass is 16.5. The van der Waals surface area contributed by atoms with Gasteiger partial charge in [-0.1, -0.05) is 24.3 Å². The maximum Gasteiger partial charge on any atom is 0.147 e. The second-order valence-electron chi connectivity index (χ2n) is 4.92. The van der Waals surface area contributed by atoms with Gasteiger partial charge in [0.1, 0.15) is 11.6 Å². The summed E-state index contributed by atoms with van der Waals surface area (Å²) in [5.74, 6) is 1.72. The highest BCUT2D eigenvalue weighted by molar-refractivity contribution is 5.75. The minimum Gasteiger partial charge on any atom is -0.497 e. The first-order valence-corrected chi connectivity index (χ1v) is 6.82. The Morgan fingerprint density at radius 1 is 1.05 bits per heavy atom. The van der Waals surface area contributed by atoms with Gasteiger partial charge in [-0.25, -0.2) is 4.98 Å². The molecule has 0 amide bonds. The van der Waals surface area contributed by atoms with E-state index >= 15 is 0 Å². The number of rotatable bonds is 4. The molecule has 1 heterocycles. The zero-order valence-corrected chi connectivity index (χ0v) is 12.2. The summed E-state index contributed by atoms with van der Waals surface area (Å²) in [6.45, 7) is 0.754. The fourth-order valence-electron chi connectivity index (χ4n) is 2.26. The Hall–Kier alpha value is -2.62. The van der Waals surface area contributed by atoms with Crippen LogP contribution in [0.4, 0.5) is 5.82 Å². The van der Waals surface area contributed by atoms with Crippen molar-refractivity contribution in [3.05, 3.63) is 60.3 Å². The third-order valence-electron chi connectivity index (χ3n) is 3.38. The average molecular weight is 279 g/mol. The molecule has 3 rings (SSSR count). The largest absolute Gasteiger partial charge is 0.497 e. The molecule has 0 saturated carbocycles. The Bertz CT molecular complexity index is 758. The van der Waals surface area contributed by atoms with E-state index in [-0.39, 0.29) is 0 Å². The van der Waals surface area contributed by atoms with Crippen LogP contribution >= 0.6 is 0 Å². The van der Waals surface area contributed by atoms with Crippen LogP contribution in [-0.2, 0) is 6.54 Å². The molecule has 2 aromatic carbocycles. The molecular formula is C17H17N3O. The van der Waals surface area contributed by atoms with E-state index in [0.717, 1.165) is 29.1 Å². The van der Waals surface area contributed by atoms with Gasteiger partial charge < -0.3 is 9.64 Å². The lowest BCUT2D eigenvalue weighted by molar-refractivity contribution is 0.414. The average Bonchev–Trinajstić information content (AvgIpc) is 2.54. The first-order chi connectivity index (χ1) is 10.3. The van der Waals surface area contributed by atoms with Gasteiger partial charge in [0.2, 0.25) is 0 Å². The third-order valence-corrected chi connectivity index (χ3v) is 3.38. The maximum atomic E-state index is 5.25. The van der Waals surface area contributed by atoms with Gasteiger partial charge in [-0.3, -0.25) is 4.98 Å². The summed E-state index contributed by atoms with van der Waals surface area (Å²) < 4.78 is 5.25. The van der Waals surface area contributed by atoms with Gasteiger partial charge in [0.15, 0.2) is 0 Å². The zero-order valence-electron chi connectivity index (χ0n) is 12.2. The van der Waals surface area contributed by atoms with Crippen molar-refractivity contribution in [2.45, 2.75) is 6.54 Å². The topological polar surface area (TPSA) is 38.2 Å². The van der Waals surface area contributed by atoms with Crippen LogP contribution in [-0.4, -0.2) is 24.1 Å². The molecule has 0 N–H and O–H groups in total. The number of para-hydroxylation sites is 2. The number of anilines is 1. The fourth-order valence-corrected chi connectivity index (χ4v) is 2.26. The zero-order chi connectivity index (χ0) is 14.7. The van der Waals surface area contributed by atoms with Crippen molar-refractivity contribution in [2.24, 2.45) is 0 Å². The monoisotopic (exact) mass is 279 g/mol. The van der Waals surface area contributed by atoms with Crippen LogP contribution < -0.4 is 9.64 Å². The maximum absolute atomic E-state index is 5.25. The molecule has 0 bridgehead atoms. The molecule has 4 nitrogen and oxygen atoms in total. The van der Waals surface area contributed by atoms with E-state index < -0.39 is 0 Å². The number of benzene rings is 2. The second-order valence-corrected chi connectivity index (χ2v) is 4.92. The van der Waals surface area contributed by atoms with Gasteiger partial charge in [0, 0.05) is 13.6 Å². The molecule has 21 heavy (non-hydrogen) atoms. The molecule has 4 heteroatoms. The molecule has 0 radical (unpaired) electrons. The van der Waals surface area contributed by atoms with Crippen LogP contribution in [0.15, 0.2) is 54.7 Å². The number of methoxy groups -OCH3 is 1. The number of hydrogen-bond acceptors (Lipinski definition) is 4.